The average molecular weight is 355 g/mol. The number of hydrogen-bond acceptors (Lipinski definition) is 4. The standard InChI is InChI=1S/C17H33N5O3/c1-17(2,3)20-14(23)12-22(6)16(19-11-15(24)21(4)5)18-10-13-8-7-9-25-13/h13H,7-12H2,1-6H3,(H,18,19)(H,20,23). The molecular formula is C17H33N5O3. The van der Waals surface area contributed by atoms with E-state index in [-0.39, 0.29) is 36.5 Å². The fourth-order valence-corrected chi connectivity index (χ4v) is 2.35. The van der Waals surface area contributed by atoms with Gasteiger partial charge in [-0.2, -0.15) is 0 Å². The van der Waals surface area contributed by atoms with Crippen LogP contribution in [-0.4, -0.2) is 86.6 Å². The Morgan fingerprint density at radius 2 is 1.92 bits per heavy atom. The molecule has 2 amide bonds. The number of ether oxygens (including phenoxy) is 1. The Kier molecular flexibility index (Phi) is 8.15. The molecule has 1 atom stereocenters. The molecule has 0 radical (unpaired) electrons. The monoisotopic (exact) mass is 355 g/mol. The van der Waals surface area contributed by atoms with Crippen molar-refractivity contribution in [3.63, 3.8) is 0 Å². The zero-order chi connectivity index (χ0) is 19.0. The summed E-state index contributed by atoms with van der Waals surface area (Å²) in [5.74, 6) is 0.333. The molecule has 8 heteroatoms. The molecule has 1 fully saturated rings. The van der Waals surface area contributed by atoms with E-state index in [1.165, 1.54) is 4.90 Å². The minimum Gasteiger partial charge on any atom is -0.376 e. The quantitative estimate of drug-likeness (QED) is 0.519. The minimum absolute atomic E-state index is 0.0338. The summed E-state index contributed by atoms with van der Waals surface area (Å²) in [6.45, 7) is 7.39. The lowest BCUT2D eigenvalue weighted by molar-refractivity contribution is -0.127. The number of aliphatic imine (C=N–C) groups is 1. The summed E-state index contributed by atoms with van der Waals surface area (Å²) in [5.41, 5.74) is -0.290. The number of nitrogens with zero attached hydrogens (tertiary/aromatic N) is 3. The lowest BCUT2D eigenvalue weighted by Crippen LogP contribution is -2.49. The predicted octanol–water partition coefficient (Wildman–Crippen LogP) is 0.0457. The summed E-state index contributed by atoms with van der Waals surface area (Å²) in [6.07, 6.45) is 2.21. The number of rotatable bonds is 6. The molecule has 1 heterocycles. The summed E-state index contributed by atoms with van der Waals surface area (Å²) in [6, 6.07) is 0. The van der Waals surface area contributed by atoms with Crippen LogP contribution in [0.2, 0.25) is 0 Å². The Balaban J connectivity index is 2.68. The molecule has 0 saturated carbocycles. The van der Waals surface area contributed by atoms with Crippen molar-refractivity contribution in [2.24, 2.45) is 4.99 Å². The Bertz CT molecular complexity index is 479. The van der Waals surface area contributed by atoms with Crippen LogP contribution in [0.4, 0.5) is 0 Å². The maximum absolute atomic E-state index is 12.1. The summed E-state index contributed by atoms with van der Waals surface area (Å²) < 4.78 is 5.60. The molecule has 1 aliphatic heterocycles. The van der Waals surface area contributed by atoms with E-state index < -0.39 is 0 Å². The fourth-order valence-electron chi connectivity index (χ4n) is 2.35. The number of likely N-dealkylation sites (N-methyl/N-ethyl adjacent to an activating group) is 2. The Hall–Kier alpha value is -1.83. The van der Waals surface area contributed by atoms with Gasteiger partial charge in [-0.3, -0.25) is 9.59 Å². The van der Waals surface area contributed by atoms with Crippen molar-refractivity contribution in [3.05, 3.63) is 0 Å². The Morgan fingerprint density at radius 3 is 2.44 bits per heavy atom. The molecule has 25 heavy (non-hydrogen) atoms. The van der Waals surface area contributed by atoms with Gasteiger partial charge < -0.3 is 25.2 Å². The first-order chi connectivity index (χ1) is 11.6. The van der Waals surface area contributed by atoms with E-state index in [0.717, 1.165) is 19.4 Å². The van der Waals surface area contributed by atoms with Crippen LogP contribution in [0.25, 0.3) is 0 Å². The molecule has 0 aromatic carbocycles. The highest BCUT2D eigenvalue weighted by atomic mass is 16.5. The number of nitrogens with one attached hydrogen (secondary N) is 2. The van der Waals surface area contributed by atoms with Crippen LogP contribution in [0, 0.1) is 0 Å². The van der Waals surface area contributed by atoms with Gasteiger partial charge in [0.15, 0.2) is 5.96 Å². The van der Waals surface area contributed by atoms with Gasteiger partial charge >= 0.3 is 0 Å². The van der Waals surface area contributed by atoms with Crippen LogP contribution in [0.15, 0.2) is 4.99 Å². The summed E-state index contributed by atoms with van der Waals surface area (Å²) in [5, 5.41) is 6.15. The third-order valence-electron chi connectivity index (χ3n) is 3.63. The lowest BCUT2D eigenvalue weighted by atomic mass is 10.1. The van der Waals surface area contributed by atoms with Crippen LogP contribution in [0.1, 0.15) is 33.6 Å². The zero-order valence-electron chi connectivity index (χ0n) is 16.4. The van der Waals surface area contributed by atoms with E-state index in [0.29, 0.717) is 12.5 Å². The smallest absolute Gasteiger partial charge is 0.243 e. The number of amides is 2. The van der Waals surface area contributed by atoms with Crippen molar-refractivity contribution in [1.29, 1.82) is 0 Å². The molecule has 0 aromatic heterocycles. The number of guanidine groups is 1. The van der Waals surface area contributed by atoms with Gasteiger partial charge in [0.05, 0.1) is 12.6 Å². The molecule has 0 aliphatic carbocycles. The molecule has 144 valence electrons. The van der Waals surface area contributed by atoms with Gasteiger partial charge in [-0.25, -0.2) is 4.99 Å². The second-order valence-electron chi connectivity index (χ2n) is 7.60. The normalized spacial score (nSPS) is 18.0. The first-order valence-corrected chi connectivity index (χ1v) is 8.70. The van der Waals surface area contributed by atoms with Gasteiger partial charge in [-0.15, -0.1) is 0 Å². The number of hydrogen-bond donors (Lipinski definition) is 2. The van der Waals surface area contributed by atoms with Crippen LogP contribution in [-0.2, 0) is 14.3 Å². The lowest BCUT2D eigenvalue weighted by Gasteiger charge is -2.26. The number of carbonyl (C=O) groups excluding carboxylic acids is 2. The first kappa shape index (κ1) is 21.2. The van der Waals surface area contributed by atoms with E-state index in [9.17, 15) is 9.59 Å². The number of carbonyl (C=O) groups is 2. The van der Waals surface area contributed by atoms with E-state index in [1.807, 2.05) is 20.8 Å². The van der Waals surface area contributed by atoms with Gasteiger partial charge in [0, 0.05) is 39.8 Å². The Labute approximate surface area is 151 Å². The molecule has 1 saturated heterocycles. The highest BCUT2D eigenvalue weighted by Gasteiger charge is 2.20. The second-order valence-corrected chi connectivity index (χ2v) is 7.60. The van der Waals surface area contributed by atoms with E-state index in [4.69, 9.17) is 4.74 Å². The van der Waals surface area contributed by atoms with Gasteiger partial charge in [0.25, 0.3) is 0 Å². The summed E-state index contributed by atoms with van der Waals surface area (Å²) in [7, 11) is 5.17. The second kappa shape index (κ2) is 9.60. The van der Waals surface area contributed by atoms with Crippen molar-refractivity contribution in [2.75, 3.05) is 47.4 Å². The van der Waals surface area contributed by atoms with Gasteiger partial charge in [0.2, 0.25) is 11.8 Å². The molecule has 0 bridgehead atoms. The van der Waals surface area contributed by atoms with Crippen molar-refractivity contribution < 1.29 is 14.3 Å². The Morgan fingerprint density at radius 1 is 1.24 bits per heavy atom. The van der Waals surface area contributed by atoms with Crippen LogP contribution < -0.4 is 10.6 Å². The highest BCUT2D eigenvalue weighted by Crippen LogP contribution is 2.10. The largest absolute Gasteiger partial charge is 0.376 e. The maximum atomic E-state index is 12.1. The molecular weight excluding hydrogens is 322 g/mol. The molecule has 1 unspecified atom stereocenters. The van der Waals surface area contributed by atoms with Crippen molar-refractivity contribution >= 4 is 17.8 Å². The fraction of sp³-hybridized carbons (Fsp3) is 0.824. The topological polar surface area (TPSA) is 86.3 Å². The molecule has 8 nitrogen and oxygen atoms in total. The van der Waals surface area contributed by atoms with Gasteiger partial charge in [-0.1, -0.05) is 0 Å². The summed E-state index contributed by atoms with van der Waals surface area (Å²) >= 11 is 0. The van der Waals surface area contributed by atoms with Gasteiger partial charge in [-0.05, 0) is 33.6 Å². The van der Waals surface area contributed by atoms with E-state index >= 15 is 0 Å². The van der Waals surface area contributed by atoms with Crippen LogP contribution in [0.3, 0.4) is 0 Å². The molecule has 1 rings (SSSR count). The maximum Gasteiger partial charge on any atom is 0.243 e. The third-order valence-corrected chi connectivity index (χ3v) is 3.63. The van der Waals surface area contributed by atoms with Gasteiger partial charge in [0.1, 0.15) is 6.54 Å². The highest BCUT2D eigenvalue weighted by molar-refractivity contribution is 5.88. The zero-order valence-corrected chi connectivity index (χ0v) is 16.4. The average Bonchev–Trinajstić information content (AvgIpc) is 2.97. The van der Waals surface area contributed by atoms with Crippen LogP contribution in [0.5, 0.6) is 0 Å². The van der Waals surface area contributed by atoms with Crippen LogP contribution >= 0.6 is 0 Å². The van der Waals surface area contributed by atoms with Crippen molar-refractivity contribution in [1.82, 2.24) is 20.4 Å². The minimum atomic E-state index is -0.290. The predicted molar refractivity (Wildman–Crippen MR) is 98.5 cm³/mol. The summed E-state index contributed by atoms with van der Waals surface area (Å²) in [4.78, 5) is 31.5. The van der Waals surface area contributed by atoms with Crippen molar-refractivity contribution in [3.8, 4) is 0 Å². The molecule has 1 aliphatic rings. The third kappa shape index (κ3) is 8.72. The van der Waals surface area contributed by atoms with E-state index in [1.54, 1.807) is 26.0 Å². The molecule has 0 spiro atoms. The molecule has 0 aromatic rings. The SMILES string of the molecule is CN(C)C(=O)CN=C(NCC1CCCO1)N(C)CC(=O)NC(C)(C)C. The van der Waals surface area contributed by atoms with Crippen molar-refractivity contribution in [2.45, 2.75) is 45.3 Å². The van der Waals surface area contributed by atoms with E-state index in [2.05, 4.69) is 15.6 Å². The first-order valence-electron chi connectivity index (χ1n) is 8.70. The molecule has 2 N–H and O–H groups in total.